The third-order valence-electron chi connectivity index (χ3n) is 1.95. The average molecular weight is 132 g/mol. The fraction of sp³-hybridized carbons (Fsp3) is 1.00. The van der Waals surface area contributed by atoms with Crippen LogP contribution in [0.2, 0.25) is 0 Å². The lowest BCUT2D eigenvalue weighted by atomic mass is 10.4. The normalized spacial score (nSPS) is 60.6. The summed E-state index contributed by atoms with van der Waals surface area (Å²) >= 11 is 0. The Hall–Kier alpha value is 0.190. The van der Waals surface area contributed by atoms with Crippen LogP contribution in [0.25, 0.3) is 0 Å². The first-order valence-corrected chi connectivity index (χ1v) is 5.33. The molecule has 2 saturated heterocycles. The topological polar surface area (TPSA) is 29.6 Å². The van der Waals surface area contributed by atoms with Gasteiger partial charge in [0.05, 0.1) is 6.10 Å². The minimum Gasteiger partial charge on any atom is -0.361 e. The van der Waals surface area contributed by atoms with Gasteiger partial charge in [0.1, 0.15) is 13.0 Å². The number of epoxide rings is 1. The molecule has 0 aromatic rings. The molecule has 2 fully saturated rings. The van der Waals surface area contributed by atoms with Gasteiger partial charge in [-0.25, -0.2) is 0 Å². The summed E-state index contributed by atoms with van der Waals surface area (Å²) in [5.41, 5.74) is 0. The van der Waals surface area contributed by atoms with Gasteiger partial charge in [0.2, 0.25) is 0 Å². The first-order chi connectivity index (χ1) is 3.70. The summed E-state index contributed by atoms with van der Waals surface area (Å²) in [5, 5.41) is 0. The first kappa shape index (κ1) is 5.01. The Balaban J connectivity index is 2.29. The summed E-state index contributed by atoms with van der Waals surface area (Å²) in [6.45, 7) is 1.85. The van der Waals surface area contributed by atoms with Crippen molar-refractivity contribution in [2.24, 2.45) is 0 Å². The number of rotatable bonds is 0. The zero-order valence-electron chi connectivity index (χ0n) is 4.83. The predicted molar refractivity (Wildman–Crippen MR) is 31.7 cm³/mol. The molecule has 3 atom stereocenters. The number of hydrogen-bond acceptors (Lipinski definition) is 2. The monoisotopic (exact) mass is 132 g/mol. The molecule has 0 aliphatic carbocycles. The van der Waals surface area contributed by atoms with Crippen LogP contribution in [0.5, 0.6) is 0 Å². The van der Waals surface area contributed by atoms with Crippen LogP contribution in [-0.4, -0.2) is 24.8 Å². The van der Waals surface area contributed by atoms with E-state index in [0.29, 0.717) is 6.10 Å². The van der Waals surface area contributed by atoms with Crippen molar-refractivity contribution >= 4 is 7.14 Å². The molecule has 2 aliphatic heterocycles. The molecule has 0 saturated carbocycles. The van der Waals surface area contributed by atoms with E-state index in [-0.39, 0.29) is 5.85 Å². The van der Waals surface area contributed by atoms with Gasteiger partial charge < -0.3 is 9.30 Å². The number of fused-ring (bicyclic) bond motifs is 1. The Morgan fingerprint density at radius 3 is 2.62 bits per heavy atom. The third kappa shape index (κ3) is 0.504. The van der Waals surface area contributed by atoms with Crippen LogP contribution < -0.4 is 0 Å². The Morgan fingerprint density at radius 1 is 1.75 bits per heavy atom. The minimum atomic E-state index is -1.78. The van der Waals surface area contributed by atoms with Crippen LogP contribution in [0, 0.1) is 0 Å². The maximum Gasteiger partial charge on any atom is 0.137 e. The second kappa shape index (κ2) is 1.19. The van der Waals surface area contributed by atoms with Gasteiger partial charge in [-0.15, -0.1) is 0 Å². The molecule has 3 unspecified atom stereocenters. The van der Waals surface area contributed by atoms with E-state index in [0.717, 1.165) is 12.6 Å². The molecule has 0 aromatic carbocycles. The van der Waals surface area contributed by atoms with Crippen LogP contribution in [-0.2, 0) is 9.30 Å². The summed E-state index contributed by atoms with van der Waals surface area (Å²) in [6.07, 6.45) is 2.35. The Morgan fingerprint density at radius 2 is 2.50 bits per heavy atom. The Kier molecular flexibility index (Phi) is 0.748. The third-order valence-corrected chi connectivity index (χ3v) is 4.63. The van der Waals surface area contributed by atoms with Gasteiger partial charge in [0, 0.05) is 6.16 Å². The lowest BCUT2D eigenvalue weighted by Gasteiger charge is -2.00. The molecule has 2 heterocycles. The predicted octanol–water partition coefficient (Wildman–Crippen LogP) is 1.11. The van der Waals surface area contributed by atoms with Crippen molar-refractivity contribution in [1.29, 1.82) is 0 Å². The zero-order valence-corrected chi connectivity index (χ0v) is 5.73. The molecule has 0 amide bonds. The first-order valence-electron chi connectivity index (χ1n) is 2.92. The maximum absolute atomic E-state index is 11.3. The quantitative estimate of drug-likeness (QED) is 0.365. The smallest absolute Gasteiger partial charge is 0.137 e. The zero-order chi connectivity index (χ0) is 5.78. The van der Waals surface area contributed by atoms with Crippen LogP contribution in [0.1, 0.15) is 6.42 Å². The molecule has 8 heavy (non-hydrogen) atoms. The van der Waals surface area contributed by atoms with Crippen LogP contribution >= 0.6 is 7.14 Å². The molecule has 2 nitrogen and oxygen atoms in total. The highest BCUT2D eigenvalue weighted by Crippen LogP contribution is 2.64. The van der Waals surface area contributed by atoms with Crippen molar-refractivity contribution in [3.05, 3.63) is 0 Å². The SMILES string of the molecule is CP1(=O)CCC2OC21. The molecular formula is C5H9O2P. The average Bonchev–Trinajstić information content (AvgIpc) is 2.34. The van der Waals surface area contributed by atoms with Gasteiger partial charge in [0.25, 0.3) is 0 Å². The summed E-state index contributed by atoms with van der Waals surface area (Å²) < 4.78 is 16.4. The molecule has 46 valence electrons. The Bertz CT molecular complexity index is 166. The highest BCUT2D eigenvalue weighted by Gasteiger charge is 2.55. The second-order valence-corrected chi connectivity index (χ2v) is 6.06. The van der Waals surface area contributed by atoms with Crippen LogP contribution in [0.3, 0.4) is 0 Å². The van der Waals surface area contributed by atoms with E-state index < -0.39 is 7.14 Å². The largest absolute Gasteiger partial charge is 0.361 e. The van der Waals surface area contributed by atoms with E-state index >= 15 is 0 Å². The van der Waals surface area contributed by atoms with Gasteiger partial charge in [-0.2, -0.15) is 0 Å². The van der Waals surface area contributed by atoms with Gasteiger partial charge in [-0.05, 0) is 13.1 Å². The van der Waals surface area contributed by atoms with Gasteiger partial charge in [0.15, 0.2) is 0 Å². The summed E-state index contributed by atoms with van der Waals surface area (Å²) in [4.78, 5) is 0. The molecule has 2 aliphatic rings. The van der Waals surface area contributed by atoms with E-state index in [2.05, 4.69) is 0 Å². The molecule has 0 spiro atoms. The highest BCUT2D eigenvalue weighted by molar-refractivity contribution is 7.64. The lowest BCUT2D eigenvalue weighted by molar-refractivity contribution is 0.379. The van der Waals surface area contributed by atoms with E-state index in [4.69, 9.17) is 4.74 Å². The molecule has 0 N–H and O–H groups in total. The minimum absolute atomic E-state index is 0.183. The van der Waals surface area contributed by atoms with E-state index in [1.54, 1.807) is 0 Å². The van der Waals surface area contributed by atoms with Gasteiger partial charge in [-0.1, -0.05) is 0 Å². The summed E-state index contributed by atoms with van der Waals surface area (Å²) in [7, 11) is -1.78. The highest BCUT2D eigenvalue weighted by atomic mass is 31.2. The van der Waals surface area contributed by atoms with Crippen molar-refractivity contribution in [1.82, 2.24) is 0 Å². The van der Waals surface area contributed by atoms with Gasteiger partial charge in [-0.3, -0.25) is 0 Å². The van der Waals surface area contributed by atoms with Crippen molar-refractivity contribution < 1.29 is 9.30 Å². The molecule has 0 radical (unpaired) electrons. The molecule has 3 heteroatoms. The molecule has 0 bridgehead atoms. The van der Waals surface area contributed by atoms with E-state index in [1.165, 1.54) is 0 Å². The lowest BCUT2D eigenvalue weighted by Crippen LogP contribution is -1.85. The Labute approximate surface area is 48.6 Å². The van der Waals surface area contributed by atoms with Crippen molar-refractivity contribution in [2.75, 3.05) is 12.8 Å². The fourth-order valence-corrected chi connectivity index (χ4v) is 3.62. The fourth-order valence-electron chi connectivity index (χ4n) is 1.34. The van der Waals surface area contributed by atoms with Gasteiger partial charge >= 0.3 is 0 Å². The molecular weight excluding hydrogens is 123 g/mol. The standard InChI is InChI=1S/C5H9O2P/c1-8(6)3-2-4-5(8)7-4/h4-5H,2-3H2,1H3. The van der Waals surface area contributed by atoms with E-state index in [1.807, 2.05) is 6.66 Å². The van der Waals surface area contributed by atoms with Crippen molar-refractivity contribution in [3.8, 4) is 0 Å². The maximum atomic E-state index is 11.3. The molecule has 2 rings (SSSR count). The number of ether oxygens (including phenoxy) is 1. The van der Waals surface area contributed by atoms with Crippen LogP contribution in [0.4, 0.5) is 0 Å². The summed E-state index contributed by atoms with van der Waals surface area (Å²) in [6, 6.07) is 0. The van der Waals surface area contributed by atoms with Crippen molar-refractivity contribution in [2.45, 2.75) is 18.4 Å². The summed E-state index contributed by atoms with van der Waals surface area (Å²) in [5.74, 6) is 0.183. The second-order valence-electron chi connectivity index (χ2n) is 2.75. The number of hydrogen-bond donors (Lipinski definition) is 0. The van der Waals surface area contributed by atoms with Crippen molar-refractivity contribution in [3.63, 3.8) is 0 Å². The molecule has 0 aromatic heterocycles. The van der Waals surface area contributed by atoms with Crippen LogP contribution in [0.15, 0.2) is 0 Å². The van der Waals surface area contributed by atoms with E-state index in [9.17, 15) is 4.57 Å².